The van der Waals surface area contributed by atoms with Crippen molar-refractivity contribution >= 4 is 0 Å². The molecule has 1 nitrogen and oxygen atoms in total. The summed E-state index contributed by atoms with van der Waals surface area (Å²) < 4.78 is 12.7. The Bertz CT molecular complexity index is 345. The van der Waals surface area contributed by atoms with Crippen LogP contribution >= 0.6 is 0 Å². The fourth-order valence-corrected chi connectivity index (χ4v) is 1.41. The molecule has 80 valence electrons. The molecule has 0 aliphatic heterocycles. The van der Waals surface area contributed by atoms with E-state index < -0.39 is 0 Å². The number of hydrogen-bond acceptors (Lipinski definition) is 1. The lowest BCUT2D eigenvalue weighted by Crippen LogP contribution is -2.26. The lowest BCUT2D eigenvalue weighted by Gasteiger charge is -2.12. The number of halogens is 1. The molecule has 0 spiro atoms. The van der Waals surface area contributed by atoms with Crippen LogP contribution in [0.3, 0.4) is 0 Å². The van der Waals surface area contributed by atoms with Gasteiger partial charge >= 0.3 is 0 Å². The summed E-state index contributed by atoms with van der Waals surface area (Å²) in [7, 11) is 1.92. The first-order valence-electron chi connectivity index (χ1n) is 5.07. The maximum absolute atomic E-state index is 12.7. The largest absolute Gasteiger partial charge is 0.316 e. The predicted molar refractivity (Wildman–Crippen MR) is 61.0 cm³/mol. The normalized spacial score (nSPS) is 11.7. The third-order valence-electron chi connectivity index (χ3n) is 2.33. The van der Waals surface area contributed by atoms with Crippen LogP contribution in [-0.4, -0.2) is 13.1 Å². The van der Waals surface area contributed by atoms with Gasteiger partial charge in [-0.1, -0.05) is 12.1 Å². The van der Waals surface area contributed by atoms with Crippen LogP contribution in [-0.2, 0) is 6.42 Å². The van der Waals surface area contributed by atoms with Crippen LogP contribution in [0, 0.1) is 17.7 Å². The fraction of sp³-hybridized carbons (Fsp3) is 0.385. The highest BCUT2D eigenvalue weighted by Gasteiger charge is 2.05. The van der Waals surface area contributed by atoms with Crippen molar-refractivity contribution in [3.63, 3.8) is 0 Å². The molecule has 0 bridgehead atoms. The lowest BCUT2D eigenvalue weighted by atomic mass is 10.0. The Kier molecular flexibility index (Phi) is 4.86. The molecule has 15 heavy (non-hydrogen) atoms. The zero-order chi connectivity index (χ0) is 11.1. The Balaban J connectivity index is 2.57. The van der Waals surface area contributed by atoms with Gasteiger partial charge in [0.2, 0.25) is 0 Å². The highest BCUT2D eigenvalue weighted by atomic mass is 19.1. The van der Waals surface area contributed by atoms with Crippen molar-refractivity contribution in [2.45, 2.75) is 25.8 Å². The minimum Gasteiger partial charge on any atom is -0.316 e. The van der Waals surface area contributed by atoms with Crippen LogP contribution in [0.1, 0.15) is 18.9 Å². The van der Waals surface area contributed by atoms with Gasteiger partial charge in [0.15, 0.2) is 0 Å². The van der Waals surface area contributed by atoms with E-state index in [4.69, 9.17) is 0 Å². The average molecular weight is 205 g/mol. The molecule has 0 heterocycles. The minimum absolute atomic E-state index is 0.187. The summed E-state index contributed by atoms with van der Waals surface area (Å²) in [6, 6.07) is 6.96. The summed E-state index contributed by atoms with van der Waals surface area (Å²) in [4.78, 5) is 0. The molecule has 0 aromatic heterocycles. The molecule has 0 aliphatic carbocycles. The molecule has 1 rings (SSSR count). The second-order valence-corrected chi connectivity index (χ2v) is 3.45. The van der Waals surface area contributed by atoms with E-state index >= 15 is 0 Å². The molecular formula is C13H16FN. The lowest BCUT2D eigenvalue weighted by molar-refractivity contribution is 0.571. The number of hydrogen-bond donors (Lipinski definition) is 1. The van der Waals surface area contributed by atoms with E-state index in [-0.39, 0.29) is 5.82 Å². The van der Waals surface area contributed by atoms with Crippen LogP contribution < -0.4 is 5.32 Å². The van der Waals surface area contributed by atoms with E-state index in [1.165, 1.54) is 12.1 Å². The Morgan fingerprint density at radius 2 is 2.00 bits per heavy atom. The zero-order valence-corrected chi connectivity index (χ0v) is 9.18. The maximum Gasteiger partial charge on any atom is 0.123 e. The number of likely N-dealkylation sites (N-methyl/N-ethyl adjacent to an activating group) is 1. The molecule has 1 aromatic carbocycles. The predicted octanol–water partition coefficient (Wildman–Crippen LogP) is 2.37. The van der Waals surface area contributed by atoms with Gasteiger partial charge in [0.25, 0.3) is 0 Å². The Morgan fingerprint density at radius 1 is 1.33 bits per heavy atom. The van der Waals surface area contributed by atoms with Crippen molar-refractivity contribution in [3.8, 4) is 11.8 Å². The number of rotatable bonds is 4. The summed E-state index contributed by atoms with van der Waals surface area (Å²) in [5, 5.41) is 3.20. The Labute approximate surface area is 90.7 Å². The summed E-state index contributed by atoms with van der Waals surface area (Å²) in [5.41, 5.74) is 1.13. The summed E-state index contributed by atoms with van der Waals surface area (Å²) in [5.74, 6) is 5.73. The second kappa shape index (κ2) is 6.21. The van der Waals surface area contributed by atoms with Gasteiger partial charge in [-0.05, 0) is 38.1 Å². The molecule has 1 unspecified atom stereocenters. The molecule has 0 radical (unpaired) electrons. The van der Waals surface area contributed by atoms with Gasteiger partial charge < -0.3 is 5.32 Å². The topological polar surface area (TPSA) is 12.0 Å². The third-order valence-corrected chi connectivity index (χ3v) is 2.33. The second-order valence-electron chi connectivity index (χ2n) is 3.45. The Morgan fingerprint density at radius 3 is 2.53 bits per heavy atom. The first-order chi connectivity index (χ1) is 7.26. The fourth-order valence-electron chi connectivity index (χ4n) is 1.41. The van der Waals surface area contributed by atoms with Gasteiger partial charge in [0.1, 0.15) is 5.82 Å². The highest BCUT2D eigenvalue weighted by Crippen LogP contribution is 2.07. The van der Waals surface area contributed by atoms with Crippen LogP contribution in [0.15, 0.2) is 24.3 Å². The van der Waals surface area contributed by atoms with Gasteiger partial charge in [-0.3, -0.25) is 0 Å². The Hall–Kier alpha value is -1.33. The third kappa shape index (κ3) is 4.14. The van der Waals surface area contributed by atoms with Gasteiger partial charge in [0.05, 0.1) is 0 Å². The van der Waals surface area contributed by atoms with Gasteiger partial charge in [-0.15, -0.1) is 11.8 Å². The van der Waals surface area contributed by atoms with Crippen LogP contribution in [0.4, 0.5) is 4.39 Å². The van der Waals surface area contributed by atoms with E-state index in [1.54, 1.807) is 0 Å². The van der Waals surface area contributed by atoms with E-state index in [9.17, 15) is 4.39 Å². The van der Waals surface area contributed by atoms with Gasteiger partial charge in [-0.25, -0.2) is 4.39 Å². The summed E-state index contributed by atoms with van der Waals surface area (Å²) in [6.07, 6.45) is 1.70. The number of nitrogens with one attached hydrogen (secondary N) is 1. The molecule has 0 fully saturated rings. The molecule has 0 aliphatic rings. The smallest absolute Gasteiger partial charge is 0.123 e. The maximum atomic E-state index is 12.7. The quantitative estimate of drug-likeness (QED) is 0.744. The molecule has 1 N–H and O–H groups in total. The van der Waals surface area contributed by atoms with Crippen LogP contribution in [0.2, 0.25) is 0 Å². The molecular weight excluding hydrogens is 189 g/mol. The van der Waals surface area contributed by atoms with E-state index in [1.807, 2.05) is 26.1 Å². The van der Waals surface area contributed by atoms with Crippen molar-refractivity contribution in [3.05, 3.63) is 35.6 Å². The standard InChI is InChI=1S/C13H16FN/c1-3-4-5-13(15-2)10-11-6-8-12(14)9-7-11/h6-9,13,15H,5,10H2,1-2H3. The van der Waals surface area contributed by atoms with Gasteiger partial charge in [-0.2, -0.15) is 0 Å². The monoisotopic (exact) mass is 205 g/mol. The molecule has 1 aromatic rings. The van der Waals surface area contributed by atoms with Crippen molar-refractivity contribution in [2.75, 3.05) is 7.05 Å². The molecule has 2 heteroatoms. The van der Waals surface area contributed by atoms with Crippen LogP contribution in [0.5, 0.6) is 0 Å². The molecule has 0 amide bonds. The van der Waals surface area contributed by atoms with E-state index in [0.29, 0.717) is 6.04 Å². The van der Waals surface area contributed by atoms with E-state index in [0.717, 1.165) is 18.4 Å². The van der Waals surface area contributed by atoms with Crippen molar-refractivity contribution in [1.29, 1.82) is 0 Å². The summed E-state index contributed by atoms with van der Waals surface area (Å²) >= 11 is 0. The first kappa shape index (κ1) is 11.7. The summed E-state index contributed by atoms with van der Waals surface area (Å²) in [6.45, 7) is 1.84. The van der Waals surface area contributed by atoms with Crippen LogP contribution in [0.25, 0.3) is 0 Å². The molecule has 0 saturated heterocycles. The zero-order valence-electron chi connectivity index (χ0n) is 9.18. The SMILES string of the molecule is CC#CCC(Cc1ccc(F)cc1)NC. The molecule has 1 atom stereocenters. The van der Waals surface area contributed by atoms with E-state index in [2.05, 4.69) is 17.2 Å². The number of benzene rings is 1. The minimum atomic E-state index is -0.187. The molecule has 0 saturated carbocycles. The first-order valence-corrected chi connectivity index (χ1v) is 5.07. The average Bonchev–Trinajstić information content (AvgIpc) is 2.27. The van der Waals surface area contributed by atoms with Gasteiger partial charge in [0, 0.05) is 12.5 Å². The highest BCUT2D eigenvalue weighted by molar-refractivity contribution is 5.17. The van der Waals surface area contributed by atoms with Crippen molar-refractivity contribution < 1.29 is 4.39 Å². The van der Waals surface area contributed by atoms with Crippen molar-refractivity contribution in [1.82, 2.24) is 5.32 Å². The van der Waals surface area contributed by atoms with Crippen molar-refractivity contribution in [2.24, 2.45) is 0 Å².